The zero-order chi connectivity index (χ0) is 23.5. The Hall–Kier alpha value is -3.27. The summed E-state index contributed by atoms with van der Waals surface area (Å²) >= 11 is 0. The highest BCUT2D eigenvalue weighted by Crippen LogP contribution is 2.31. The molecule has 10 heteroatoms. The number of ether oxygens (including phenoxy) is 1. The molecule has 0 amide bonds. The van der Waals surface area contributed by atoms with Gasteiger partial charge >= 0.3 is 5.97 Å². The lowest BCUT2D eigenvalue weighted by Crippen LogP contribution is -2.39. The zero-order valence-corrected chi connectivity index (χ0v) is 19.4. The summed E-state index contributed by atoms with van der Waals surface area (Å²) in [4.78, 5) is 26.7. The van der Waals surface area contributed by atoms with E-state index in [-0.39, 0.29) is 12.2 Å². The molecule has 5 rings (SSSR count). The molecular weight excluding hydrogens is 434 g/mol. The van der Waals surface area contributed by atoms with Gasteiger partial charge in [0.15, 0.2) is 11.6 Å². The van der Waals surface area contributed by atoms with Crippen molar-refractivity contribution in [1.82, 2.24) is 29.7 Å². The van der Waals surface area contributed by atoms with Crippen LogP contribution in [0.5, 0.6) is 0 Å². The zero-order valence-electron chi connectivity index (χ0n) is 19.4. The van der Waals surface area contributed by atoms with Gasteiger partial charge in [-0.25, -0.2) is 15.0 Å². The first-order chi connectivity index (χ1) is 16.5. The van der Waals surface area contributed by atoms with Crippen molar-refractivity contribution in [2.24, 2.45) is 13.0 Å². The molecule has 34 heavy (non-hydrogen) atoms. The van der Waals surface area contributed by atoms with Gasteiger partial charge in [-0.15, -0.1) is 5.10 Å². The van der Waals surface area contributed by atoms with Gasteiger partial charge in [-0.1, -0.05) is 0 Å². The van der Waals surface area contributed by atoms with Crippen LogP contribution in [0.25, 0.3) is 23.0 Å². The number of rotatable bonds is 7. The maximum atomic E-state index is 10.9. The summed E-state index contributed by atoms with van der Waals surface area (Å²) in [6.45, 7) is 1.83. The van der Waals surface area contributed by atoms with Crippen LogP contribution in [-0.4, -0.2) is 66.1 Å². The lowest BCUT2D eigenvalue weighted by Gasteiger charge is -2.36. The molecule has 2 aliphatic rings. The Morgan fingerprint density at radius 3 is 2.53 bits per heavy atom. The van der Waals surface area contributed by atoms with E-state index in [0.717, 1.165) is 63.0 Å². The molecule has 3 aromatic heterocycles. The summed E-state index contributed by atoms with van der Waals surface area (Å²) in [5, 5.41) is 16.2. The van der Waals surface area contributed by atoms with Gasteiger partial charge in [-0.2, -0.15) is 0 Å². The molecule has 10 nitrogen and oxygen atoms in total. The number of aromatic amines is 1. The van der Waals surface area contributed by atoms with Crippen LogP contribution >= 0.6 is 0 Å². The van der Waals surface area contributed by atoms with E-state index in [9.17, 15) is 4.79 Å². The van der Waals surface area contributed by atoms with Crippen molar-refractivity contribution in [2.45, 2.75) is 57.2 Å². The number of hydrogen-bond acceptors (Lipinski definition) is 7. The second-order valence-corrected chi connectivity index (χ2v) is 9.34. The first-order valence-electron chi connectivity index (χ1n) is 12.0. The fraction of sp³-hybridized carbons (Fsp3) is 0.542. The Morgan fingerprint density at radius 2 is 1.88 bits per heavy atom. The number of aliphatic carboxylic acids is 1. The molecule has 1 aliphatic carbocycles. The van der Waals surface area contributed by atoms with Crippen molar-refractivity contribution in [3.8, 4) is 23.0 Å². The number of H-pyrrole nitrogens is 1. The second kappa shape index (κ2) is 9.92. The van der Waals surface area contributed by atoms with E-state index >= 15 is 0 Å². The molecule has 0 unspecified atom stereocenters. The van der Waals surface area contributed by atoms with Crippen molar-refractivity contribution in [3.63, 3.8) is 0 Å². The van der Waals surface area contributed by atoms with Gasteiger partial charge in [0.2, 0.25) is 5.82 Å². The van der Waals surface area contributed by atoms with Crippen LogP contribution in [0, 0.1) is 5.92 Å². The van der Waals surface area contributed by atoms with Crippen LogP contribution in [0.3, 0.4) is 0 Å². The molecule has 1 saturated carbocycles. The third-order valence-corrected chi connectivity index (χ3v) is 6.94. The number of carbonyl (C=O) groups is 1. The molecule has 1 aliphatic heterocycles. The van der Waals surface area contributed by atoms with Crippen LogP contribution in [0.1, 0.15) is 44.9 Å². The molecule has 180 valence electrons. The average Bonchev–Trinajstić information content (AvgIpc) is 3.50. The van der Waals surface area contributed by atoms with E-state index in [4.69, 9.17) is 9.84 Å². The Morgan fingerprint density at radius 1 is 1.12 bits per heavy atom. The fourth-order valence-corrected chi connectivity index (χ4v) is 5.00. The Balaban J connectivity index is 1.11. The molecule has 0 radical (unpaired) electrons. The molecular formula is C24H31N7O3. The van der Waals surface area contributed by atoms with Crippen molar-refractivity contribution in [2.75, 3.05) is 18.0 Å². The minimum Gasteiger partial charge on any atom is -0.481 e. The fourth-order valence-electron chi connectivity index (χ4n) is 5.00. The third kappa shape index (κ3) is 5.11. The van der Waals surface area contributed by atoms with Crippen LogP contribution in [0.4, 0.5) is 5.82 Å². The minimum absolute atomic E-state index is 0.273. The van der Waals surface area contributed by atoms with Crippen molar-refractivity contribution in [1.29, 1.82) is 0 Å². The molecule has 2 fully saturated rings. The lowest BCUT2D eigenvalue weighted by molar-refractivity contribution is -0.138. The molecule has 0 atom stereocenters. The standard InChI is InChI=1S/C24H31N7O3/c1-30-13-10-25-24(30)23-27-22(28-29-23)17-4-7-20(26-15-17)31-11-8-19(9-12-31)34-18-5-2-16(3-6-18)14-21(32)33/h4,7,10,13,15-16,18-19H,2-3,5-6,8-9,11-12,14H2,1H3,(H,32,33)(H,27,28,29)/t16-,18+. The first-order valence-corrected chi connectivity index (χ1v) is 12.0. The number of aromatic nitrogens is 6. The minimum atomic E-state index is -0.687. The normalized spacial score (nSPS) is 21.6. The van der Waals surface area contributed by atoms with Gasteiger partial charge in [0, 0.05) is 50.7 Å². The number of hydrogen-bond donors (Lipinski definition) is 2. The number of piperidine rings is 1. The number of imidazole rings is 1. The van der Waals surface area contributed by atoms with Crippen molar-refractivity contribution >= 4 is 11.8 Å². The Bertz CT molecular complexity index is 1090. The topological polar surface area (TPSA) is 122 Å². The summed E-state index contributed by atoms with van der Waals surface area (Å²) in [6, 6.07) is 4.05. The van der Waals surface area contributed by atoms with Gasteiger partial charge in [-0.05, 0) is 56.6 Å². The van der Waals surface area contributed by atoms with E-state index in [0.29, 0.717) is 29.8 Å². The highest BCUT2D eigenvalue weighted by molar-refractivity contribution is 5.67. The largest absolute Gasteiger partial charge is 0.481 e. The average molecular weight is 466 g/mol. The van der Waals surface area contributed by atoms with E-state index in [1.165, 1.54) is 0 Å². The van der Waals surface area contributed by atoms with Crippen LogP contribution < -0.4 is 4.90 Å². The number of carboxylic acid groups (broad SMARTS) is 1. The van der Waals surface area contributed by atoms with Crippen LogP contribution in [0.15, 0.2) is 30.7 Å². The Kier molecular flexibility index (Phi) is 6.57. The van der Waals surface area contributed by atoms with E-state index in [1.54, 1.807) is 6.20 Å². The quantitative estimate of drug-likeness (QED) is 0.545. The Labute approximate surface area is 198 Å². The lowest BCUT2D eigenvalue weighted by atomic mass is 9.85. The van der Waals surface area contributed by atoms with E-state index in [1.807, 2.05) is 36.1 Å². The summed E-state index contributed by atoms with van der Waals surface area (Å²) in [6.07, 6.45) is 12.1. The van der Waals surface area contributed by atoms with Gasteiger partial charge in [0.05, 0.1) is 12.2 Å². The number of anilines is 1. The van der Waals surface area contributed by atoms with E-state index < -0.39 is 5.97 Å². The van der Waals surface area contributed by atoms with Crippen LogP contribution in [0.2, 0.25) is 0 Å². The highest BCUT2D eigenvalue weighted by atomic mass is 16.5. The summed E-state index contributed by atoms with van der Waals surface area (Å²) in [5.74, 6) is 2.52. The van der Waals surface area contributed by atoms with Crippen molar-refractivity contribution < 1.29 is 14.6 Å². The SMILES string of the molecule is Cn1ccnc1-c1n[nH]c(-c2ccc(N3CCC(O[C@H]4CC[C@@H](CC(=O)O)CC4)CC3)nc2)n1. The number of pyridine rings is 1. The number of carboxylic acids is 1. The number of nitrogens with one attached hydrogen (secondary N) is 1. The second-order valence-electron chi connectivity index (χ2n) is 9.34. The molecule has 0 aromatic carbocycles. The molecule has 0 spiro atoms. The summed E-state index contributed by atoms with van der Waals surface area (Å²) in [7, 11) is 1.91. The number of aryl methyl sites for hydroxylation is 1. The van der Waals surface area contributed by atoms with Gasteiger partial charge in [0.1, 0.15) is 5.82 Å². The molecule has 3 aromatic rings. The van der Waals surface area contributed by atoms with Gasteiger partial charge < -0.3 is 19.3 Å². The third-order valence-electron chi connectivity index (χ3n) is 6.94. The predicted octanol–water partition coefficient (Wildman–Crippen LogP) is 3.29. The monoisotopic (exact) mass is 465 g/mol. The smallest absolute Gasteiger partial charge is 0.303 e. The number of nitrogens with zero attached hydrogens (tertiary/aromatic N) is 6. The summed E-state index contributed by atoms with van der Waals surface area (Å²) < 4.78 is 8.25. The first kappa shape index (κ1) is 22.5. The van der Waals surface area contributed by atoms with Crippen molar-refractivity contribution in [3.05, 3.63) is 30.7 Å². The highest BCUT2D eigenvalue weighted by Gasteiger charge is 2.28. The predicted molar refractivity (Wildman–Crippen MR) is 126 cm³/mol. The molecule has 1 saturated heterocycles. The summed E-state index contributed by atoms with van der Waals surface area (Å²) in [5.41, 5.74) is 0.883. The molecule has 4 heterocycles. The molecule has 2 N–H and O–H groups in total. The van der Waals surface area contributed by atoms with Gasteiger partial charge in [-0.3, -0.25) is 9.89 Å². The maximum Gasteiger partial charge on any atom is 0.303 e. The molecule has 0 bridgehead atoms. The van der Waals surface area contributed by atoms with Gasteiger partial charge in [0.25, 0.3) is 0 Å². The van der Waals surface area contributed by atoms with E-state index in [2.05, 4.69) is 30.0 Å². The van der Waals surface area contributed by atoms with Crippen LogP contribution in [-0.2, 0) is 16.6 Å². The maximum absolute atomic E-state index is 10.9.